The minimum atomic E-state index is -0.709. The Balaban J connectivity index is 1.39. The second kappa shape index (κ2) is 19.0. The van der Waals surface area contributed by atoms with E-state index in [4.69, 9.17) is 27.9 Å². The monoisotopic (exact) mass is 629 g/mol. The highest BCUT2D eigenvalue weighted by atomic mass is 35.5. The molecule has 2 aromatic rings. The average molecular weight is 631 g/mol. The number of carbonyl (C=O) groups is 2. The molecular weight excluding hydrogens is 581 g/mol. The van der Waals surface area contributed by atoms with Crippen molar-refractivity contribution in [1.82, 2.24) is 5.32 Å². The standard InChI is InChI=1S/C35H49Cl2N3O3/c1-4-6-7-8-9-10-11-12-13-14-15-16-17-19-27-20-18-21-29(23-27)43-31(5-2)35(42)38-32-25-33(41)40(39-32)34-26(3)22-28(36)24-30(34)37/h18,20-24,31H,4-17,19,25H2,1-3H3,(H,38,39,42). The summed E-state index contributed by atoms with van der Waals surface area (Å²) >= 11 is 12.4. The summed E-state index contributed by atoms with van der Waals surface area (Å²) in [6, 6.07) is 11.3. The minimum absolute atomic E-state index is 0.0326. The topological polar surface area (TPSA) is 71.0 Å². The fraction of sp³-hybridized carbons (Fsp3) is 0.571. The van der Waals surface area contributed by atoms with Crippen molar-refractivity contribution in [3.63, 3.8) is 0 Å². The number of carbonyl (C=O) groups excluding carboxylic acids is 2. The molecule has 1 N–H and O–H groups in total. The van der Waals surface area contributed by atoms with E-state index in [1.54, 1.807) is 19.1 Å². The third-order valence-corrected chi connectivity index (χ3v) is 8.39. The van der Waals surface area contributed by atoms with Crippen LogP contribution in [-0.4, -0.2) is 23.8 Å². The molecule has 3 rings (SSSR count). The van der Waals surface area contributed by atoms with Gasteiger partial charge in [0.2, 0.25) is 0 Å². The number of hydrogen-bond donors (Lipinski definition) is 1. The first kappa shape index (κ1) is 34.9. The van der Waals surface area contributed by atoms with E-state index in [9.17, 15) is 9.59 Å². The molecule has 8 heteroatoms. The predicted molar refractivity (Wildman–Crippen MR) is 179 cm³/mol. The maximum absolute atomic E-state index is 13.1. The second-order valence-corrected chi connectivity index (χ2v) is 12.5. The molecule has 0 bridgehead atoms. The molecule has 0 fully saturated rings. The van der Waals surface area contributed by atoms with Crippen molar-refractivity contribution in [3.8, 4) is 5.75 Å². The summed E-state index contributed by atoms with van der Waals surface area (Å²) in [4.78, 5) is 25.8. The van der Waals surface area contributed by atoms with Gasteiger partial charge in [0.05, 0.1) is 17.1 Å². The van der Waals surface area contributed by atoms with Crippen LogP contribution in [0.1, 0.15) is 121 Å². The van der Waals surface area contributed by atoms with Gasteiger partial charge < -0.3 is 10.1 Å². The Labute approximate surface area is 268 Å². The lowest BCUT2D eigenvalue weighted by atomic mass is 10.0. The van der Waals surface area contributed by atoms with Crippen LogP contribution in [0.25, 0.3) is 0 Å². The van der Waals surface area contributed by atoms with Crippen LogP contribution in [0.2, 0.25) is 10.0 Å². The number of ether oxygens (including phenoxy) is 1. The van der Waals surface area contributed by atoms with Crippen molar-refractivity contribution in [1.29, 1.82) is 0 Å². The molecule has 0 spiro atoms. The number of halogens is 2. The molecule has 1 aliphatic rings. The zero-order chi connectivity index (χ0) is 31.0. The van der Waals surface area contributed by atoms with Crippen LogP contribution in [-0.2, 0) is 16.0 Å². The van der Waals surface area contributed by atoms with E-state index >= 15 is 0 Å². The summed E-state index contributed by atoms with van der Waals surface area (Å²) in [7, 11) is 0. The maximum Gasteiger partial charge on any atom is 0.266 e. The van der Waals surface area contributed by atoms with Crippen LogP contribution in [0.4, 0.5) is 5.69 Å². The number of unbranched alkanes of at least 4 members (excludes halogenated alkanes) is 12. The maximum atomic E-state index is 13.1. The van der Waals surface area contributed by atoms with Crippen molar-refractivity contribution in [2.45, 2.75) is 130 Å². The Morgan fingerprint density at radius 1 is 0.930 bits per heavy atom. The molecule has 236 valence electrons. The summed E-state index contributed by atoms with van der Waals surface area (Å²) in [5.41, 5.74) is 2.40. The molecule has 1 aliphatic heterocycles. The number of aryl methyl sites for hydroxylation is 2. The van der Waals surface area contributed by atoms with E-state index in [1.165, 1.54) is 87.6 Å². The molecule has 0 aromatic heterocycles. The van der Waals surface area contributed by atoms with Crippen molar-refractivity contribution >= 4 is 46.5 Å². The third-order valence-electron chi connectivity index (χ3n) is 7.88. The van der Waals surface area contributed by atoms with Crippen LogP contribution in [0.15, 0.2) is 41.5 Å². The highest BCUT2D eigenvalue weighted by molar-refractivity contribution is 6.37. The van der Waals surface area contributed by atoms with Gasteiger partial charge in [0, 0.05) is 5.02 Å². The van der Waals surface area contributed by atoms with Crippen LogP contribution in [0.3, 0.4) is 0 Å². The van der Waals surface area contributed by atoms with E-state index in [-0.39, 0.29) is 24.1 Å². The number of amidine groups is 1. The molecule has 0 saturated carbocycles. The molecule has 0 aliphatic carbocycles. The highest BCUT2D eigenvalue weighted by Gasteiger charge is 2.30. The molecular formula is C35H49Cl2N3O3. The number of hydrazone groups is 1. The number of rotatable bonds is 19. The number of nitrogens with one attached hydrogen (secondary N) is 1. The lowest BCUT2D eigenvalue weighted by molar-refractivity contribution is -0.126. The molecule has 2 amide bonds. The van der Waals surface area contributed by atoms with Crippen molar-refractivity contribution in [2.75, 3.05) is 5.01 Å². The predicted octanol–water partition coefficient (Wildman–Crippen LogP) is 9.96. The highest BCUT2D eigenvalue weighted by Crippen LogP contribution is 2.35. The Bertz CT molecular complexity index is 1190. The molecule has 2 aromatic carbocycles. The summed E-state index contributed by atoms with van der Waals surface area (Å²) in [5, 5.41) is 9.15. The Morgan fingerprint density at radius 3 is 2.16 bits per heavy atom. The van der Waals surface area contributed by atoms with Gasteiger partial charge in [0.15, 0.2) is 6.10 Å². The first-order chi connectivity index (χ1) is 20.8. The average Bonchev–Trinajstić information content (AvgIpc) is 3.32. The van der Waals surface area contributed by atoms with Gasteiger partial charge in [0.1, 0.15) is 11.6 Å². The Hall–Kier alpha value is -2.57. The first-order valence-electron chi connectivity index (χ1n) is 16.2. The van der Waals surface area contributed by atoms with Gasteiger partial charge >= 0.3 is 0 Å². The van der Waals surface area contributed by atoms with Crippen LogP contribution in [0, 0.1) is 6.92 Å². The summed E-state index contributed by atoms with van der Waals surface area (Å²) < 4.78 is 6.08. The van der Waals surface area contributed by atoms with Crippen molar-refractivity contribution in [3.05, 3.63) is 57.6 Å². The number of amides is 2. The van der Waals surface area contributed by atoms with E-state index in [0.717, 1.165) is 18.4 Å². The molecule has 43 heavy (non-hydrogen) atoms. The van der Waals surface area contributed by atoms with E-state index in [2.05, 4.69) is 23.4 Å². The quantitative estimate of drug-likeness (QED) is 0.157. The summed E-state index contributed by atoms with van der Waals surface area (Å²) in [6.07, 6.45) is 18.2. The van der Waals surface area contributed by atoms with Gasteiger partial charge in [-0.3, -0.25) is 9.59 Å². The number of benzene rings is 2. The van der Waals surface area contributed by atoms with Crippen LogP contribution in [0.5, 0.6) is 5.75 Å². The fourth-order valence-corrected chi connectivity index (χ4v) is 6.14. The van der Waals surface area contributed by atoms with Gasteiger partial charge in [-0.25, -0.2) is 0 Å². The summed E-state index contributed by atoms with van der Waals surface area (Å²) in [6.45, 7) is 5.97. The van der Waals surface area contributed by atoms with Crippen LogP contribution >= 0.6 is 23.2 Å². The van der Waals surface area contributed by atoms with Crippen LogP contribution < -0.4 is 15.1 Å². The van der Waals surface area contributed by atoms with E-state index in [1.807, 2.05) is 25.1 Å². The zero-order valence-electron chi connectivity index (χ0n) is 26.2. The van der Waals surface area contributed by atoms with Crippen molar-refractivity contribution in [2.24, 2.45) is 5.10 Å². The lowest BCUT2D eigenvalue weighted by Crippen LogP contribution is -2.41. The van der Waals surface area contributed by atoms with Gasteiger partial charge in [-0.2, -0.15) is 10.1 Å². The molecule has 1 heterocycles. The number of anilines is 1. The van der Waals surface area contributed by atoms with E-state index < -0.39 is 6.10 Å². The van der Waals surface area contributed by atoms with Gasteiger partial charge in [-0.1, -0.05) is 126 Å². The third kappa shape index (κ3) is 11.8. The molecule has 0 saturated heterocycles. The summed E-state index contributed by atoms with van der Waals surface area (Å²) in [5.74, 6) is 0.316. The molecule has 1 atom stereocenters. The zero-order valence-corrected chi connectivity index (χ0v) is 27.7. The van der Waals surface area contributed by atoms with Gasteiger partial charge in [-0.15, -0.1) is 0 Å². The largest absolute Gasteiger partial charge is 0.481 e. The van der Waals surface area contributed by atoms with Gasteiger partial charge in [-0.05, 0) is 61.6 Å². The number of nitrogens with zero attached hydrogens (tertiary/aromatic N) is 2. The molecule has 1 unspecified atom stereocenters. The fourth-order valence-electron chi connectivity index (χ4n) is 5.47. The number of hydrogen-bond acceptors (Lipinski definition) is 4. The Morgan fingerprint density at radius 2 is 1.56 bits per heavy atom. The SMILES string of the molecule is CCCCCCCCCCCCCCCc1cccc(OC(CC)C(=O)NC2=NN(c3c(C)cc(Cl)cc3Cl)C(=O)C2)c1. The first-order valence-corrected chi connectivity index (χ1v) is 17.0. The molecule has 0 radical (unpaired) electrons. The van der Waals surface area contributed by atoms with Gasteiger partial charge in [0.25, 0.3) is 11.8 Å². The van der Waals surface area contributed by atoms with E-state index in [0.29, 0.717) is 27.9 Å². The lowest BCUT2D eigenvalue weighted by Gasteiger charge is -2.18. The minimum Gasteiger partial charge on any atom is -0.481 e. The second-order valence-electron chi connectivity index (χ2n) is 11.6. The van der Waals surface area contributed by atoms with Crippen molar-refractivity contribution < 1.29 is 14.3 Å². The Kier molecular flexibility index (Phi) is 15.4. The molecule has 6 nitrogen and oxygen atoms in total. The normalized spacial score (nSPS) is 13.7. The smallest absolute Gasteiger partial charge is 0.266 e.